The number of nitrogens with zero attached hydrogens (tertiary/aromatic N) is 8. The van der Waals surface area contributed by atoms with Crippen molar-refractivity contribution in [3.8, 4) is 43.4 Å². The normalized spacial score (nSPS) is 18.7. The van der Waals surface area contributed by atoms with Crippen molar-refractivity contribution >= 4 is 121 Å². The molecule has 10 rings (SSSR count). The van der Waals surface area contributed by atoms with Gasteiger partial charge in [0, 0.05) is 77.3 Å². The molecule has 8 heterocycles. The van der Waals surface area contributed by atoms with E-state index in [1.807, 2.05) is 61.9 Å². The Morgan fingerprint density at radius 2 is 1.41 bits per heavy atom. The largest absolute Gasteiger partial charge is 0.481 e. The molecule has 29 heteroatoms. The van der Waals surface area contributed by atoms with Gasteiger partial charge in [-0.15, -0.1) is 68.0 Å². The minimum absolute atomic E-state index is 0.0237. The standard InChI is InChI=1S/C61H64N12O11S6/c1-29(2)36-21-42(74)50-31(4)89-59(71-50)38(22-45(75)62-5)65-53(80)40-26-85-55(67-40)35-16-17-37(57-69-44(28-88-57)73(19-18-48(78)79)47(77)20-32-12-14-34(15-13-32)61(82)83)64-51(35)39-25-86-58(66-39)41-27-87-60(68-41)49(30(3)33-10-8-7-9-11-33)70-46(76)23-63-54(81)52-43(24-84-6)90-56(36)72-52/h7-11,16-17,25-30,32,34,36,38,49H,12-15,18-24H2,1-6H3,(H,62,75)(H,63,81)(H,65,80)(H,70,76)(H,78,79)(H,82,83)/t30-,32?,34?,36?,38-,49-/m0/s1. The second kappa shape index (κ2) is 28.9. The number of amides is 5. The fraction of sp³-hybridized carbons (Fsp3) is 0.393. The van der Waals surface area contributed by atoms with E-state index in [2.05, 4.69) is 21.3 Å². The molecule has 2 aliphatic rings. The monoisotopic (exact) mass is 1330 g/mol. The van der Waals surface area contributed by atoms with Crippen molar-refractivity contribution in [2.75, 3.05) is 32.1 Å². The molecule has 1 aliphatic carbocycles. The summed E-state index contributed by atoms with van der Waals surface area (Å²) in [5.41, 5.74) is 3.34. The van der Waals surface area contributed by atoms with Crippen molar-refractivity contribution in [2.45, 2.75) is 110 Å². The Morgan fingerprint density at radius 3 is 2.13 bits per heavy atom. The lowest BCUT2D eigenvalue weighted by Gasteiger charge is -2.28. The first-order valence-corrected chi connectivity index (χ1v) is 34.1. The zero-order valence-corrected chi connectivity index (χ0v) is 54.7. The molecule has 7 aromatic heterocycles. The number of carbonyl (C=O) groups excluding carboxylic acids is 6. The average Bonchev–Trinajstić information content (AvgIpc) is 1.73. The van der Waals surface area contributed by atoms with Gasteiger partial charge in [-0.1, -0.05) is 51.1 Å². The lowest BCUT2D eigenvalue weighted by Crippen LogP contribution is -2.40. The molecule has 23 nitrogen and oxygen atoms in total. The van der Waals surface area contributed by atoms with E-state index in [0.29, 0.717) is 93.8 Å². The van der Waals surface area contributed by atoms with Crippen LogP contribution in [0.4, 0.5) is 5.82 Å². The Labute approximate surface area is 541 Å². The van der Waals surface area contributed by atoms with Gasteiger partial charge in [0.2, 0.25) is 17.7 Å². The number of benzene rings is 1. The summed E-state index contributed by atoms with van der Waals surface area (Å²) in [5, 5.41) is 40.4. The van der Waals surface area contributed by atoms with Crippen molar-refractivity contribution in [1.29, 1.82) is 0 Å². The van der Waals surface area contributed by atoms with Gasteiger partial charge < -0.3 is 36.2 Å². The summed E-state index contributed by atoms with van der Waals surface area (Å²) < 4.78 is 5.50. The van der Waals surface area contributed by atoms with E-state index < -0.39 is 66.0 Å². The first kappa shape index (κ1) is 65.0. The number of Topliss-reactive ketones (excluding diaryl/α,β-unsaturated/α-hetero) is 1. The molecule has 1 unspecified atom stereocenters. The summed E-state index contributed by atoms with van der Waals surface area (Å²) in [4.78, 5) is 145. The number of carboxylic acid groups (broad SMARTS) is 2. The minimum Gasteiger partial charge on any atom is -0.481 e. The molecular formula is C61H64N12O11S6. The highest BCUT2D eigenvalue weighted by Crippen LogP contribution is 2.42. The van der Waals surface area contributed by atoms with Crippen molar-refractivity contribution in [3.05, 3.63) is 111 Å². The quantitative estimate of drug-likeness (QED) is 0.0555. The number of ether oxygens (including phenoxy) is 1. The number of aromatic nitrogens is 7. The number of carbonyl (C=O) groups is 8. The molecule has 1 saturated carbocycles. The van der Waals surface area contributed by atoms with Crippen LogP contribution in [-0.2, 0) is 35.3 Å². The second-order valence-electron chi connectivity index (χ2n) is 22.2. The van der Waals surface area contributed by atoms with Gasteiger partial charge >= 0.3 is 11.9 Å². The zero-order valence-electron chi connectivity index (χ0n) is 49.8. The van der Waals surface area contributed by atoms with Crippen LogP contribution in [0.15, 0.2) is 64.0 Å². The fourth-order valence-electron chi connectivity index (χ4n) is 10.7. The fourth-order valence-corrected chi connectivity index (χ4v) is 16.4. The predicted molar refractivity (Wildman–Crippen MR) is 344 cm³/mol. The highest BCUT2D eigenvalue weighted by molar-refractivity contribution is 7.15. The number of hydrogen-bond acceptors (Lipinski definition) is 22. The molecule has 6 N–H and O–H groups in total. The number of rotatable bonds is 15. The Kier molecular flexibility index (Phi) is 20.9. The van der Waals surface area contributed by atoms with Crippen LogP contribution in [0, 0.1) is 24.7 Å². The Morgan fingerprint density at radius 1 is 0.711 bits per heavy atom. The Balaban J connectivity index is 1.04. The lowest BCUT2D eigenvalue weighted by atomic mass is 9.80. The summed E-state index contributed by atoms with van der Waals surface area (Å²) in [6, 6.07) is 11.5. The summed E-state index contributed by atoms with van der Waals surface area (Å²) in [7, 11) is 2.98. The number of thiazole rings is 6. The summed E-state index contributed by atoms with van der Waals surface area (Å²) in [5.74, 6) is -5.85. The lowest BCUT2D eigenvalue weighted by molar-refractivity contribution is -0.143. The van der Waals surface area contributed by atoms with E-state index in [1.165, 1.54) is 87.1 Å². The second-order valence-corrected chi connectivity index (χ2v) is 28.0. The molecule has 10 bridgehead atoms. The van der Waals surface area contributed by atoms with E-state index >= 15 is 0 Å². The number of aryl methyl sites for hydroxylation is 1. The number of ketones is 1. The topological polar surface area (TPSA) is 328 Å². The molecule has 5 amide bonds. The zero-order chi connectivity index (χ0) is 63.9. The third-order valence-electron chi connectivity index (χ3n) is 15.7. The number of anilines is 1. The molecule has 0 spiro atoms. The maximum atomic E-state index is 14.4. The molecular weight excluding hydrogens is 1270 g/mol. The van der Waals surface area contributed by atoms with Crippen LogP contribution < -0.4 is 26.2 Å². The van der Waals surface area contributed by atoms with Crippen molar-refractivity contribution < 1.29 is 53.3 Å². The maximum absolute atomic E-state index is 14.4. The van der Waals surface area contributed by atoms with Gasteiger partial charge in [0.05, 0.1) is 59.6 Å². The number of pyridine rings is 1. The third kappa shape index (κ3) is 15.1. The molecule has 0 radical (unpaired) electrons. The first-order valence-electron chi connectivity index (χ1n) is 29.0. The van der Waals surface area contributed by atoms with Crippen molar-refractivity contribution in [3.63, 3.8) is 0 Å². The molecule has 4 atom stereocenters. The number of aliphatic carboxylic acids is 2. The van der Waals surface area contributed by atoms with Crippen LogP contribution in [0.25, 0.3) is 43.4 Å². The number of nitrogens with one attached hydrogen (secondary N) is 4. The van der Waals surface area contributed by atoms with Gasteiger partial charge in [-0.3, -0.25) is 43.3 Å². The first-order chi connectivity index (χ1) is 43.2. The molecule has 1 fully saturated rings. The highest BCUT2D eigenvalue weighted by Gasteiger charge is 2.34. The van der Waals surface area contributed by atoms with E-state index in [1.54, 1.807) is 29.8 Å². The smallest absolute Gasteiger partial charge is 0.306 e. The number of methoxy groups -OCH3 is 1. The molecule has 90 heavy (non-hydrogen) atoms. The number of fused-ring (bicyclic) bond motifs is 14. The van der Waals surface area contributed by atoms with Gasteiger partial charge in [0.1, 0.15) is 65.0 Å². The van der Waals surface area contributed by atoms with E-state index in [0.717, 1.165) is 5.56 Å². The SMILES string of the molecule is CNC(=O)C[C@@H]1NC(=O)c2csc(n2)-c2ccc(-c3nc(N(CCC(=O)O)C(=O)CC4CCC(C(=O)O)CC4)cs3)nc2-c2csc(n2)-c2csc(n2)[C@H]([C@@H](C)c2ccccc2)NC(=O)CNC(=O)c2nc(sc2COC)C(C(C)C)CC(=O)c2nc1sc2C. The summed E-state index contributed by atoms with van der Waals surface area (Å²) in [6.45, 7) is 7.14. The number of hydrogen-bond donors (Lipinski definition) is 6. The van der Waals surface area contributed by atoms with E-state index in [9.17, 15) is 48.6 Å². The molecule has 0 saturated heterocycles. The minimum atomic E-state index is -1.10. The Bertz CT molecular complexity index is 3980. The van der Waals surface area contributed by atoms with Crippen molar-refractivity contribution in [2.24, 2.45) is 17.8 Å². The van der Waals surface area contributed by atoms with Gasteiger partial charge in [0.15, 0.2) is 5.78 Å². The van der Waals surface area contributed by atoms with Crippen molar-refractivity contribution in [1.82, 2.24) is 56.2 Å². The third-order valence-corrected chi connectivity index (χ3v) is 21.5. The molecule has 1 aliphatic heterocycles. The molecule has 8 aromatic rings. The van der Waals surface area contributed by atoms with Crippen LogP contribution in [0.2, 0.25) is 0 Å². The summed E-state index contributed by atoms with van der Waals surface area (Å²) >= 11 is 7.44. The predicted octanol–water partition coefficient (Wildman–Crippen LogP) is 10.4. The number of carboxylic acids is 2. The van der Waals surface area contributed by atoms with E-state index in [4.69, 9.17) is 39.6 Å². The van der Waals surface area contributed by atoms with Crippen LogP contribution >= 0.6 is 68.0 Å². The van der Waals surface area contributed by atoms with Gasteiger partial charge in [-0.2, -0.15) is 0 Å². The molecule has 470 valence electrons. The maximum Gasteiger partial charge on any atom is 0.306 e. The van der Waals surface area contributed by atoms with Crippen LogP contribution in [-0.4, -0.2) is 120 Å². The highest BCUT2D eigenvalue weighted by atomic mass is 32.1. The summed E-state index contributed by atoms with van der Waals surface area (Å²) in [6.07, 6.45) is 1.54. The van der Waals surface area contributed by atoms with Crippen LogP contribution in [0.1, 0.15) is 158 Å². The molecule has 1 aromatic carbocycles. The van der Waals surface area contributed by atoms with E-state index in [-0.39, 0.29) is 91.2 Å². The van der Waals surface area contributed by atoms with Gasteiger partial charge in [-0.25, -0.2) is 34.9 Å². The van der Waals surface area contributed by atoms with Gasteiger partial charge in [0.25, 0.3) is 11.8 Å². The average molecular weight is 1330 g/mol. The van der Waals surface area contributed by atoms with Gasteiger partial charge in [-0.05, 0) is 62.1 Å². The van der Waals surface area contributed by atoms with Crippen LogP contribution in [0.3, 0.4) is 0 Å². The van der Waals surface area contributed by atoms with Crippen LogP contribution in [0.5, 0.6) is 0 Å². The Hall–Kier alpha value is -7.93.